The van der Waals surface area contributed by atoms with Gasteiger partial charge in [0.05, 0.1) is 24.9 Å². The Morgan fingerprint density at radius 1 is 1.20 bits per heavy atom. The third-order valence-corrected chi connectivity index (χ3v) is 7.07. The molecule has 2 aromatic heterocycles. The zero-order chi connectivity index (χ0) is 25.2. The number of phenolic OH excluding ortho intramolecular Hbond substituents is 1. The van der Waals surface area contributed by atoms with Gasteiger partial charge in [-0.1, -0.05) is 0 Å². The minimum atomic E-state index is -4.03. The summed E-state index contributed by atoms with van der Waals surface area (Å²) in [7, 11) is -2.55. The van der Waals surface area contributed by atoms with Crippen molar-refractivity contribution in [2.45, 2.75) is 25.8 Å². The molecule has 1 aliphatic rings. The van der Waals surface area contributed by atoms with Gasteiger partial charge in [-0.3, -0.25) is 14.2 Å². The van der Waals surface area contributed by atoms with Crippen LogP contribution in [0, 0.1) is 5.92 Å². The Morgan fingerprint density at radius 3 is 2.51 bits per heavy atom. The molecule has 0 unspecified atom stereocenters. The highest BCUT2D eigenvalue weighted by Crippen LogP contribution is 2.38. The van der Waals surface area contributed by atoms with E-state index in [4.69, 9.17) is 14.5 Å². The van der Waals surface area contributed by atoms with Crippen LogP contribution in [0.5, 0.6) is 11.6 Å². The summed E-state index contributed by atoms with van der Waals surface area (Å²) < 4.78 is 17.6. The minimum Gasteiger partial charge on any atom is -0.508 e. The van der Waals surface area contributed by atoms with Crippen molar-refractivity contribution < 1.29 is 29.0 Å². The van der Waals surface area contributed by atoms with Crippen LogP contribution in [0.3, 0.4) is 0 Å². The van der Waals surface area contributed by atoms with Crippen LogP contribution in [-0.2, 0) is 11.1 Å². The van der Waals surface area contributed by atoms with E-state index in [1.807, 2.05) is 4.90 Å². The number of benzene rings is 1. The van der Waals surface area contributed by atoms with E-state index < -0.39 is 13.2 Å². The second-order valence-corrected chi connectivity index (χ2v) is 10.4. The summed E-state index contributed by atoms with van der Waals surface area (Å²) in [6, 6.07) is 7.39. The van der Waals surface area contributed by atoms with Gasteiger partial charge in [0.1, 0.15) is 18.1 Å². The number of carbonyl (C=O) groups is 1. The molecule has 3 aromatic rings. The van der Waals surface area contributed by atoms with Crippen molar-refractivity contribution in [3.05, 3.63) is 52.4 Å². The number of piperidine rings is 1. The number of ether oxygens (including phenoxy) is 1. The third-order valence-electron chi connectivity index (χ3n) is 6.23. The number of pyridine rings is 1. The number of hydrogen-bond donors (Lipinski definition) is 3. The van der Waals surface area contributed by atoms with Gasteiger partial charge < -0.3 is 24.5 Å². The number of hydrogen-bond acceptors (Lipinski definition) is 8. The normalized spacial score (nSPS) is 14.9. The highest BCUT2D eigenvalue weighted by molar-refractivity contribution is 7.51. The summed E-state index contributed by atoms with van der Waals surface area (Å²) in [6.45, 7) is 0.861. The molecule has 1 aliphatic heterocycles. The predicted octanol–water partition coefficient (Wildman–Crippen LogP) is 2.17. The van der Waals surface area contributed by atoms with Crippen molar-refractivity contribution in [2.75, 3.05) is 31.3 Å². The SMILES string of the molecule is COc1cc2cnn(CC(=O)c3ccc(O)cc3)c(=O)c2c(N2CCC(CCP(=O)(O)O)CC2)n1. The molecule has 0 amide bonds. The van der Waals surface area contributed by atoms with Crippen molar-refractivity contribution in [2.24, 2.45) is 5.92 Å². The first-order valence-corrected chi connectivity index (χ1v) is 13.0. The molecule has 0 radical (unpaired) electrons. The highest BCUT2D eigenvalue weighted by Gasteiger charge is 2.26. The monoisotopic (exact) mass is 502 g/mol. The fourth-order valence-corrected chi connectivity index (χ4v) is 4.97. The summed E-state index contributed by atoms with van der Waals surface area (Å²) >= 11 is 0. The molecule has 0 aliphatic carbocycles. The number of phenols is 1. The molecule has 1 fully saturated rings. The maximum Gasteiger partial charge on any atom is 0.325 e. The standard InChI is InChI=1S/C23H27N4O7P/c1-34-20-12-17-13-24-27(14-19(29)16-2-4-18(28)5-3-16)23(30)21(17)22(25-20)26-9-6-15(7-10-26)8-11-35(31,32)33/h2-5,12-13,15,28H,6-11,14H2,1H3,(H2,31,32,33). The second-order valence-electron chi connectivity index (χ2n) is 8.64. The van der Waals surface area contributed by atoms with Crippen LogP contribution in [0.25, 0.3) is 10.8 Å². The van der Waals surface area contributed by atoms with E-state index in [0.717, 1.165) is 4.68 Å². The maximum atomic E-state index is 13.4. The summed E-state index contributed by atoms with van der Waals surface area (Å²) in [4.78, 5) is 50.9. The van der Waals surface area contributed by atoms with Gasteiger partial charge in [0, 0.05) is 30.1 Å². The van der Waals surface area contributed by atoms with E-state index in [0.29, 0.717) is 60.4 Å². The topological polar surface area (TPSA) is 155 Å². The third kappa shape index (κ3) is 5.87. The zero-order valence-electron chi connectivity index (χ0n) is 19.2. The van der Waals surface area contributed by atoms with Crippen molar-refractivity contribution in [1.29, 1.82) is 0 Å². The van der Waals surface area contributed by atoms with E-state index in [-0.39, 0.29) is 30.2 Å². The van der Waals surface area contributed by atoms with Gasteiger partial charge in [-0.25, -0.2) is 4.68 Å². The average Bonchev–Trinajstić information content (AvgIpc) is 2.84. The lowest BCUT2D eigenvalue weighted by Crippen LogP contribution is -2.36. The van der Waals surface area contributed by atoms with Crippen LogP contribution in [0.1, 0.15) is 29.6 Å². The fraction of sp³-hybridized carbons (Fsp3) is 0.391. The van der Waals surface area contributed by atoms with Crippen LogP contribution < -0.4 is 15.2 Å². The number of aromatic nitrogens is 3. The molecule has 0 spiro atoms. The van der Waals surface area contributed by atoms with E-state index in [1.165, 1.54) is 37.6 Å². The van der Waals surface area contributed by atoms with Gasteiger partial charge in [-0.15, -0.1) is 0 Å². The molecule has 1 aromatic carbocycles. The van der Waals surface area contributed by atoms with Crippen LogP contribution in [0.2, 0.25) is 0 Å². The second kappa shape index (κ2) is 10.2. The number of Topliss-reactive ketones (excluding diaryl/α,β-unsaturated/α-hetero) is 1. The lowest BCUT2D eigenvalue weighted by Gasteiger charge is -2.33. The molecule has 1 saturated heterocycles. The Kier molecular flexibility index (Phi) is 7.20. The molecule has 0 bridgehead atoms. The molecule has 35 heavy (non-hydrogen) atoms. The molecule has 186 valence electrons. The molecule has 12 heteroatoms. The average molecular weight is 502 g/mol. The number of ketones is 1. The van der Waals surface area contributed by atoms with Crippen LogP contribution in [0.15, 0.2) is 41.3 Å². The van der Waals surface area contributed by atoms with E-state index in [2.05, 4.69) is 10.1 Å². The first-order chi connectivity index (χ1) is 16.6. The summed E-state index contributed by atoms with van der Waals surface area (Å²) in [5.41, 5.74) is -0.106. The first-order valence-electron chi connectivity index (χ1n) is 11.2. The van der Waals surface area contributed by atoms with Gasteiger partial charge in [-0.05, 0) is 49.4 Å². The van der Waals surface area contributed by atoms with Crippen molar-refractivity contribution in [3.8, 4) is 11.6 Å². The molecular weight excluding hydrogens is 475 g/mol. The van der Waals surface area contributed by atoms with Crippen molar-refractivity contribution >= 4 is 30.0 Å². The van der Waals surface area contributed by atoms with Crippen molar-refractivity contribution in [3.63, 3.8) is 0 Å². The first kappa shape index (κ1) is 24.8. The highest BCUT2D eigenvalue weighted by atomic mass is 31.2. The molecule has 3 heterocycles. The smallest absolute Gasteiger partial charge is 0.325 e. The number of methoxy groups -OCH3 is 1. The Labute approximate surface area is 201 Å². The van der Waals surface area contributed by atoms with Gasteiger partial charge in [0.15, 0.2) is 5.78 Å². The lowest BCUT2D eigenvalue weighted by molar-refractivity contribution is 0.0966. The van der Waals surface area contributed by atoms with Crippen LogP contribution in [-0.4, -0.2) is 61.8 Å². The van der Waals surface area contributed by atoms with Gasteiger partial charge in [0.25, 0.3) is 5.56 Å². The van der Waals surface area contributed by atoms with E-state index in [9.17, 15) is 19.3 Å². The van der Waals surface area contributed by atoms with Crippen molar-refractivity contribution in [1.82, 2.24) is 14.8 Å². The van der Waals surface area contributed by atoms with E-state index in [1.54, 1.807) is 6.07 Å². The van der Waals surface area contributed by atoms with Gasteiger partial charge in [-0.2, -0.15) is 10.1 Å². The number of carbonyl (C=O) groups excluding carboxylic acids is 1. The molecule has 0 saturated carbocycles. The Hall–Kier alpha value is -3.27. The molecule has 11 nitrogen and oxygen atoms in total. The minimum absolute atomic E-state index is 0.0396. The summed E-state index contributed by atoms with van der Waals surface area (Å²) in [6.07, 6.45) is 3.23. The largest absolute Gasteiger partial charge is 0.508 e. The Balaban J connectivity index is 1.62. The molecule has 4 rings (SSSR count). The lowest BCUT2D eigenvalue weighted by atomic mass is 9.94. The van der Waals surface area contributed by atoms with Gasteiger partial charge >= 0.3 is 7.60 Å². The molecule has 3 N–H and O–H groups in total. The zero-order valence-corrected chi connectivity index (χ0v) is 20.1. The fourth-order valence-electron chi connectivity index (χ4n) is 4.27. The van der Waals surface area contributed by atoms with Crippen LogP contribution >= 0.6 is 7.60 Å². The molecular formula is C23H27N4O7P. The Bertz CT molecular complexity index is 1330. The maximum absolute atomic E-state index is 13.4. The van der Waals surface area contributed by atoms with Crippen LogP contribution in [0.4, 0.5) is 5.82 Å². The summed E-state index contributed by atoms with van der Waals surface area (Å²) in [5.74, 6) is 0.656. The van der Waals surface area contributed by atoms with Gasteiger partial charge in [0.2, 0.25) is 5.88 Å². The number of rotatable bonds is 8. The predicted molar refractivity (Wildman–Crippen MR) is 129 cm³/mol. The Morgan fingerprint density at radius 2 is 1.89 bits per heavy atom. The number of anilines is 1. The number of aromatic hydroxyl groups is 1. The van der Waals surface area contributed by atoms with E-state index >= 15 is 0 Å². The number of fused-ring (bicyclic) bond motifs is 1. The summed E-state index contributed by atoms with van der Waals surface area (Å²) in [5, 5.41) is 14.5. The molecule has 0 atom stereocenters. The number of nitrogens with zero attached hydrogens (tertiary/aromatic N) is 4. The quantitative estimate of drug-likeness (QED) is 0.308.